The Kier molecular flexibility index (Phi) is 4.09. The van der Waals surface area contributed by atoms with Gasteiger partial charge in [0.1, 0.15) is 11.5 Å². The molecule has 1 aromatic carbocycles. The number of aliphatic carboxylic acids is 1. The molecule has 2 saturated carbocycles. The van der Waals surface area contributed by atoms with Gasteiger partial charge in [-0.1, -0.05) is 0 Å². The first-order valence-corrected chi connectivity index (χ1v) is 9.22. The molecule has 3 unspecified atom stereocenters. The van der Waals surface area contributed by atoms with Gasteiger partial charge in [0.2, 0.25) is 5.91 Å². The topological polar surface area (TPSA) is 76.1 Å². The maximum Gasteiger partial charge on any atom is 0.307 e. The number of ether oxygens (including phenoxy) is 2. The minimum absolute atomic E-state index is 0.000435. The molecular formula is C20H25NO5. The Morgan fingerprint density at radius 2 is 1.92 bits per heavy atom. The second-order valence-electron chi connectivity index (χ2n) is 7.84. The van der Waals surface area contributed by atoms with Crippen molar-refractivity contribution in [1.82, 2.24) is 4.90 Å². The largest absolute Gasteiger partial charge is 0.497 e. The Labute approximate surface area is 153 Å². The number of hydrogen-bond acceptors (Lipinski definition) is 4. The van der Waals surface area contributed by atoms with Gasteiger partial charge < -0.3 is 19.5 Å². The van der Waals surface area contributed by atoms with Crippen LogP contribution >= 0.6 is 0 Å². The Morgan fingerprint density at radius 3 is 2.50 bits per heavy atom. The molecule has 4 rings (SSSR count). The van der Waals surface area contributed by atoms with Gasteiger partial charge >= 0.3 is 5.97 Å². The van der Waals surface area contributed by atoms with Crippen molar-refractivity contribution in [2.24, 2.45) is 17.3 Å². The molecular weight excluding hydrogens is 334 g/mol. The van der Waals surface area contributed by atoms with Crippen LogP contribution in [0.5, 0.6) is 11.5 Å². The molecule has 3 atom stereocenters. The van der Waals surface area contributed by atoms with Gasteiger partial charge in [-0.15, -0.1) is 0 Å². The summed E-state index contributed by atoms with van der Waals surface area (Å²) in [4.78, 5) is 26.0. The lowest BCUT2D eigenvalue weighted by Crippen LogP contribution is -2.41. The van der Waals surface area contributed by atoms with E-state index in [9.17, 15) is 14.7 Å². The second-order valence-corrected chi connectivity index (χ2v) is 7.84. The van der Waals surface area contributed by atoms with E-state index in [1.54, 1.807) is 14.2 Å². The van der Waals surface area contributed by atoms with Crippen molar-refractivity contribution in [1.29, 1.82) is 0 Å². The fraction of sp³-hybridized carbons (Fsp3) is 0.600. The molecule has 1 aromatic rings. The summed E-state index contributed by atoms with van der Waals surface area (Å²) in [6.45, 7) is 1.36. The van der Waals surface area contributed by atoms with Crippen LogP contribution in [0.25, 0.3) is 0 Å². The zero-order valence-corrected chi connectivity index (χ0v) is 15.2. The minimum atomic E-state index is -0.683. The van der Waals surface area contributed by atoms with Crippen molar-refractivity contribution < 1.29 is 24.2 Å². The summed E-state index contributed by atoms with van der Waals surface area (Å²) in [5.41, 5.74) is 0.994. The smallest absolute Gasteiger partial charge is 0.307 e. The highest BCUT2D eigenvalue weighted by atomic mass is 16.5. The number of carbonyl (C=O) groups excluding carboxylic acids is 1. The molecule has 1 heterocycles. The molecule has 6 nitrogen and oxygen atoms in total. The molecule has 3 aliphatic rings. The molecule has 26 heavy (non-hydrogen) atoms. The highest BCUT2D eigenvalue weighted by Gasteiger charge is 2.59. The van der Waals surface area contributed by atoms with Crippen LogP contribution in [0.3, 0.4) is 0 Å². The summed E-state index contributed by atoms with van der Waals surface area (Å²) in [6.07, 6.45) is 3.24. The molecule has 1 amide bonds. The number of benzene rings is 1. The van der Waals surface area contributed by atoms with Crippen LogP contribution in [-0.2, 0) is 9.59 Å². The number of methoxy groups -OCH3 is 2. The van der Waals surface area contributed by atoms with Crippen molar-refractivity contribution in [2.75, 3.05) is 27.3 Å². The fourth-order valence-electron chi connectivity index (χ4n) is 4.60. The van der Waals surface area contributed by atoms with Gasteiger partial charge in [0.25, 0.3) is 0 Å². The third-order valence-corrected chi connectivity index (χ3v) is 6.50. The minimum Gasteiger partial charge on any atom is -0.497 e. The predicted octanol–water partition coefficient (Wildman–Crippen LogP) is 2.52. The number of piperidine rings is 1. The van der Waals surface area contributed by atoms with Gasteiger partial charge in [-0.2, -0.15) is 0 Å². The monoisotopic (exact) mass is 359 g/mol. The maximum atomic E-state index is 12.9. The van der Waals surface area contributed by atoms with E-state index in [-0.39, 0.29) is 29.1 Å². The summed E-state index contributed by atoms with van der Waals surface area (Å²) in [5, 5.41) is 9.19. The third kappa shape index (κ3) is 2.81. The molecule has 3 fully saturated rings. The van der Waals surface area contributed by atoms with Crippen molar-refractivity contribution in [3.63, 3.8) is 0 Å². The number of amides is 1. The summed E-state index contributed by atoms with van der Waals surface area (Å²) in [7, 11) is 3.27. The van der Waals surface area contributed by atoms with Crippen molar-refractivity contribution in [3.05, 3.63) is 23.8 Å². The number of carbonyl (C=O) groups is 2. The first kappa shape index (κ1) is 17.2. The van der Waals surface area contributed by atoms with Crippen LogP contribution in [0, 0.1) is 17.3 Å². The van der Waals surface area contributed by atoms with E-state index in [4.69, 9.17) is 9.47 Å². The lowest BCUT2D eigenvalue weighted by Gasteiger charge is -2.33. The third-order valence-electron chi connectivity index (χ3n) is 6.50. The zero-order chi connectivity index (χ0) is 18.5. The van der Waals surface area contributed by atoms with Crippen molar-refractivity contribution in [3.8, 4) is 11.5 Å². The van der Waals surface area contributed by atoms with E-state index >= 15 is 0 Å². The van der Waals surface area contributed by atoms with Gasteiger partial charge in [-0.3, -0.25) is 9.59 Å². The zero-order valence-electron chi connectivity index (χ0n) is 15.2. The molecule has 1 aliphatic heterocycles. The van der Waals surface area contributed by atoms with Gasteiger partial charge in [0, 0.05) is 30.5 Å². The van der Waals surface area contributed by atoms with Crippen molar-refractivity contribution in [2.45, 2.75) is 31.6 Å². The predicted molar refractivity (Wildman–Crippen MR) is 94.4 cm³/mol. The van der Waals surface area contributed by atoms with Crippen LogP contribution in [0.4, 0.5) is 0 Å². The molecule has 1 N–H and O–H groups in total. The second kappa shape index (κ2) is 6.18. The molecule has 0 bridgehead atoms. The lowest BCUT2D eigenvalue weighted by atomic mass is 9.90. The average molecular weight is 359 g/mol. The number of carboxylic acid groups (broad SMARTS) is 1. The normalized spacial score (nSPS) is 28.5. The summed E-state index contributed by atoms with van der Waals surface area (Å²) >= 11 is 0. The Morgan fingerprint density at radius 1 is 1.19 bits per heavy atom. The van der Waals surface area contributed by atoms with E-state index in [0.717, 1.165) is 42.7 Å². The number of likely N-dealkylation sites (tertiary alicyclic amines) is 1. The summed E-state index contributed by atoms with van der Waals surface area (Å²) in [6, 6.07) is 5.71. The standard InChI is InChI=1S/C20H25NO5/c1-25-12-3-4-17(26-2)14(9-12)13-10-15(13)18(22)21-7-5-20(6-8-21)11-16(20)19(23)24/h3-4,9,13,15-16H,5-8,10-11H2,1-2H3,(H,23,24). The molecule has 6 heteroatoms. The Balaban J connectivity index is 1.39. The summed E-state index contributed by atoms with van der Waals surface area (Å²) < 4.78 is 10.8. The maximum absolute atomic E-state index is 12.9. The number of hydrogen-bond donors (Lipinski definition) is 1. The van der Waals surface area contributed by atoms with E-state index in [2.05, 4.69) is 0 Å². The van der Waals surface area contributed by atoms with Crippen LogP contribution in [0.2, 0.25) is 0 Å². The lowest BCUT2D eigenvalue weighted by molar-refractivity contribution is -0.140. The van der Waals surface area contributed by atoms with Gasteiger partial charge in [-0.25, -0.2) is 0 Å². The molecule has 1 spiro atoms. The number of nitrogens with zero attached hydrogens (tertiary/aromatic N) is 1. The highest BCUT2D eigenvalue weighted by Crippen LogP contribution is 2.60. The van der Waals surface area contributed by atoms with Gasteiger partial charge in [0.15, 0.2) is 0 Å². The molecule has 1 saturated heterocycles. The SMILES string of the molecule is COc1ccc(OC)c(C2CC2C(=O)N2CCC3(CC2)CC3C(=O)O)c1. The quantitative estimate of drug-likeness (QED) is 0.874. The highest BCUT2D eigenvalue weighted by molar-refractivity contribution is 5.83. The molecule has 0 radical (unpaired) electrons. The van der Waals surface area contributed by atoms with Crippen LogP contribution in [0.1, 0.15) is 37.2 Å². The van der Waals surface area contributed by atoms with E-state index in [1.165, 1.54) is 0 Å². The van der Waals surface area contributed by atoms with E-state index in [0.29, 0.717) is 13.1 Å². The van der Waals surface area contributed by atoms with Crippen LogP contribution < -0.4 is 9.47 Å². The van der Waals surface area contributed by atoms with Gasteiger partial charge in [-0.05, 0) is 49.3 Å². The number of carboxylic acids is 1. The molecule has 140 valence electrons. The first-order valence-electron chi connectivity index (χ1n) is 9.22. The van der Waals surface area contributed by atoms with Crippen LogP contribution in [0.15, 0.2) is 18.2 Å². The summed E-state index contributed by atoms with van der Waals surface area (Å²) in [5.74, 6) is 1.06. The molecule has 0 aromatic heterocycles. The van der Waals surface area contributed by atoms with E-state index < -0.39 is 5.97 Å². The van der Waals surface area contributed by atoms with Gasteiger partial charge in [0.05, 0.1) is 20.1 Å². The Hall–Kier alpha value is -2.24. The van der Waals surface area contributed by atoms with E-state index in [1.807, 2.05) is 23.1 Å². The fourth-order valence-corrected chi connectivity index (χ4v) is 4.60. The number of rotatable bonds is 5. The molecule has 2 aliphatic carbocycles. The first-order chi connectivity index (χ1) is 12.5. The van der Waals surface area contributed by atoms with Crippen molar-refractivity contribution >= 4 is 11.9 Å². The van der Waals surface area contributed by atoms with Crippen LogP contribution in [-0.4, -0.2) is 49.2 Å². The average Bonchev–Trinajstić information content (AvgIpc) is 3.56. The Bertz CT molecular complexity index is 738.